The van der Waals surface area contributed by atoms with Gasteiger partial charge in [-0.2, -0.15) is 5.10 Å². The van der Waals surface area contributed by atoms with Crippen LogP contribution in [0.25, 0.3) is 0 Å². The molecule has 1 aromatic carbocycles. The Morgan fingerprint density at radius 1 is 1.40 bits per heavy atom. The van der Waals surface area contributed by atoms with E-state index in [0.29, 0.717) is 16.3 Å². The fourth-order valence-corrected chi connectivity index (χ4v) is 2.33. The number of hydrogen-bond donors (Lipinski definition) is 1. The lowest BCUT2D eigenvalue weighted by molar-refractivity contribution is 0.386. The second-order valence-electron chi connectivity index (χ2n) is 4.79. The molecule has 0 saturated carbocycles. The molecule has 0 aliphatic rings. The van der Waals surface area contributed by atoms with Crippen molar-refractivity contribution in [3.05, 3.63) is 46.5 Å². The highest BCUT2D eigenvalue weighted by Gasteiger charge is 2.21. The number of hydrogen-bond acceptors (Lipinski definition) is 3. The molecule has 0 spiro atoms. The highest BCUT2D eigenvalue weighted by Crippen LogP contribution is 2.30. The van der Waals surface area contributed by atoms with E-state index in [-0.39, 0.29) is 11.8 Å². The van der Waals surface area contributed by atoms with Crippen LogP contribution in [0.15, 0.2) is 24.4 Å². The quantitative estimate of drug-likeness (QED) is 0.942. The molecule has 2 rings (SSSR count). The van der Waals surface area contributed by atoms with Gasteiger partial charge in [-0.1, -0.05) is 17.7 Å². The molecule has 108 valence electrons. The molecular formula is C14H17ClFN3O. The zero-order valence-corrected chi connectivity index (χ0v) is 12.4. The van der Waals surface area contributed by atoms with Gasteiger partial charge < -0.3 is 10.5 Å². The van der Waals surface area contributed by atoms with E-state index in [1.165, 1.54) is 13.2 Å². The molecule has 0 aliphatic carbocycles. The molecular weight excluding hydrogens is 281 g/mol. The van der Waals surface area contributed by atoms with Crippen molar-refractivity contribution in [1.82, 2.24) is 9.78 Å². The first-order chi connectivity index (χ1) is 9.45. The molecule has 0 radical (unpaired) electrons. The summed E-state index contributed by atoms with van der Waals surface area (Å²) in [6.07, 6.45) is 1.55. The standard InChI is InChI=1S/C14H17ClFN3O/c1-8(2)19-14(10(15)7-18-19)13(17)9-4-5-12(20-3)11(16)6-9/h4-8,13H,17H2,1-3H3. The Morgan fingerprint density at radius 2 is 2.10 bits per heavy atom. The SMILES string of the molecule is COc1ccc(C(N)c2c(Cl)cnn2C(C)C)cc1F. The molecule has 1 heterocycles. The number of nitrogens with zero attached hydrogens (tertiary/aromatic N) is 2. The fraction of sp³-hybridized carbons (Fsp3) is 0.357. The third-order valence-electron chi connectivity index (χ3n) is 3.11. The summed E-state index contributed by atoms with van der Waals surface area (Å²) in [7, 11) is 1.42. The maximum atomic E-state index is 13.8. The molecule has 4 nitrogen and oxygen atoms in total. The molecule has 20 heavy (non-hydrogen) atoms. The number of ether oxygens (including phenoxy) is 1. The van der Waals surface area contributed by atoms with E-state index in [1.54, 1.807) is 23.0 Å². The highest BCUT2D eigenvalue weighted by atomic mass is 35.5. The zero-order chi connectivity index (χ0) is 14.9. The van der Waals surface area contributed by atoms with Crippen LogP contribution in [0.5, 0.6) is 5.75 Å². The van der Waals surface area contributed by atoms with Gasteiger partial charge in [-0.3, -0.25) is 4.68 Å². The maximum Gasteiger partial charge on any atom is 0.165 e. The third-order valence-corrected chi connectivity index (χ3v) is 3.40. The van der Waals surface area contributed by atoms with Crippen LogP contribution in [0.4, 0.5) is 4.39 Å². The first kappa shape index (κ1) is 14.8. The molecule has 6 heteroatoms. The molecule has 1 aromatic heterocycles. The van der Waals surface area contributed by atoms with E-state index in [4.69, 9.17) is 22.1 Å². The second kappa shape index (κ2) is 5.81. The number of nitrogens with two attached hydrogens (primary N) is 1. The van der Waals surface area contributed by atoms with E-state index in [0.717, 1.165) is 0 Å². The molecule has 2 N–H and O–H groups in total. The average Bonchev–Trinajstić information content (AvgIpc) is 2.80. The minimum atomic E-state index is -0.548. The van der Waals surface area contributed by atoms with Crippen molar-refractivity contribution in [1.29, 1.82) is 0 Å². The number of halogens is 2. The van der Waals surface area contributed by atoms with Gasteiger partial charge in [-0.05, 0) is 31.5 Å². The van der Waals surface area contributed by atoms with Crippen LogP contribution < -0.4 is 10.5 Å². The third kappa shape index (κ3) is 2.64. The Morgan fingerprint density at radius 3 is 2.65 bits per heavy atom. The Balaban J connectivity index is 2.43. The summed E-state index contributed by atoms with van der Waals surface area (Å²) in [5, 5.41) is 4.68. The van der Waals surface area contributed by atoms with Gasteiger partial charge in [0.2, 0.25) is 0 Å². The number of methoxy groups -OCH3 is 1. The minimum Gasteiger partial charge on any atom is -0.494 e. The fourth-order valence-electron chi connectivity index (χ4n) is 2.09. The summed E-state index contributed by atoms with van der Waals surface area (Å²) in [5.74, 6) is -0.267. The number of aromatic nitrogens is 2. The smallest absolute Gasteiger partial charge is 0.165 e. The van der Waals surface area contributed by atoms with Crippen LogP contribution in [0.2, 0.25) is 5.02 Å². The first-order valence-electron chi connectivity index (χ1n) is 6.27. The van der Waals surface area contributed by atoms with Gasteiger partial charge in [0.25, 0.3) is 0 Å². The number of rotatable bonds is 4. The van der Waals surface area contributed by atoms with E-state index in [1.807, 2.05) is 13.8 Å². The largest absolute Gasteiger partial charge is 0.494 e. The summed E-state index contributed by atoms with van der Waals surface area (Å²) in [6, 6.07) is 4.20. The average molecular weight is 298 g/mol. The maximum absolute atomic E-state index is 13.8. The van der Waals surface area contributed by atoms with Crippen molar-refractivity contribution in [3.8, 4) is 5.75 Å². The normalized spacial score (nSPS) is 12.8. The van der Waals surface area contributed by atoms with Crippen molar-refractivity contribution in [3.63, 3.8) is 0 Å². The molecule has 0 amide bonds. The minimum absolute atomic E-state index is 0.117. The lowest BCUT2D eigenvalue weighted by Gasteiger charge is -2.18. The molecule has 0 saturated heterocycles. The van der Waals surface area contributed by atoms with Gasteiger partial charge >= 0.3 is 0 Å². The van der Waals surface area contributed by atoms with Crippen LogP contribution in [-0.4, -0.2) is 16.9 Å². The molecule has 0 bridgehead atoms. The van der Waals surface area contributed by atoms with Gasteiger partial charge in [0.15, 0.2) is 11.6 Å². The summed E-state index contributed by atoms with van der Waals surface area (Å²) in [5.41, 5.74) is 7.50. The summed E-state index contributed by atoms with van der Waals surface area (Å²) >= 11 is 6.15. The molecule has 2 aromatic rings. The van der Waals surface area contributed by atoms with Crippen molar-refractivity contribution in [2.75, 3.05) is 7.11 Å². The van der Waals surface area contributed by atoms with Crippen LogP contribution in [-0.2, 0) is 0 Å². The molecule has 1 unspecified atom stereocenters. The van der Waals surface area contributed by atoms with Gasteiger partial charge in [-0.25, -0.2) is 4.39 Å². The van der Waals surface area contributed by atoms with Crippen LogP contribution >= 0.6 is 11.6 Å². The summed E-state index contributed by atoms with van der Waals surface area (Å²) in [6.45, 7) is 3.96. The second-order valence-corrected chi connectivity index (χ2v) is 5.19. The van der Waals surface area contributed by atoms with E-state index >= 15 is 0 Å². The van der Waals surface area contributed by atoms with Crippen molar-refractivity contribution >= 4 is 11.6 Å². The summed E-state index contributed by atoms with van der Waals surface area (Å²) in [4.78, 5) is 0. The van der Waals surface area contributed by atoms with Gasteiger partial charge in [0.05, 0.1) is 30.1 Å². The Hall–Kier alpha value is -1.59. The Bertz CT molecular complexity index is 612. The topological polar surface area (TPSA) is 53.1 Å². The Labute approximate surface area is 122 Å². The van der Waals surface area contributed by atoms with E-state index in [2.05, 4.69) is 5.10 Å². The monoisotopic (exact) mass is 297 g/mol. The lowest BCUT2D eigenvalue weighted by atomic mass is 10.0. The van der Waals surface area contributed by atoms with E-state index in [9.17, 15) is 4.39 Å². The summed E-state index contributed by atoms with van der Waals surface area (Å²) < 4.78 is 20.4. The molecule has 0 fully saturated rings. The van der Waals surface area contributed by atoms with Crippen LogP contribution in [0, 0.1) is 5.82 Å². The van der Waals surface area contributed by atoms with Crippen LogP contribution in [0.3, 0.4) is 0 Å². The zero-order valence-electron chi connectivity index (χ0n) is 11.6. The first-order valence-corrected chi connectivity index (χ1v) is 6.65. The molecule has 0 aliphatic heterocycles. The molecule has 1 atom stereocenters. The van der Waals surface area contributed by atoms with Crippen molar-refractivity contribution in [2.45, 2.75) is 25.9 Å². The highest BCUT2D eigenvalue weighted by molar-refractivity contribution is 6.31. The van der Waals surface area contributed by atoms with Crippen molar-refractivity contribution < 1.29 is 9.13 Å². The predicted octanol–water partition coefficient (Wildman–Crippen LogP) is 3.31. The van der Waals surface area contributed by atoms with Gasteiger partial charge in [-0.15, -0.1) is 0 Å². The lowest BCUT2D eigenvalue weighted by Crippen LogP contribution is -2.19. The number of benzene rings is 1. The Kier molecular flexibility index (Phi) is 4.30. The predicted molar refractivity (Wildman–Crippen MR) is 76.6 cm³/mol. The van der Waals surface area contributed by atoms with E-state index < -0.39 is 11.9 Å². The van der Waals surface area contributed by atoms with Crippen LogP contribution in [0.1, 0.15) is 37.2 Å². The van der Waals surface area contributed by atoms with Crippen molar-refractivity contribution in [2.24, 2.45) is 5.73 Å². The van der Waals surface area contributed by atoms with Gasteiger partial charge in [0, 0.05) is 6.04 Å². The van der Waals surface area contributed by atoms with Gasteiger partial charge in [0.1, 0.15) is 0 Å².